The monoisotopic (exact) mass is 565 g/mol. The Bertz CT molecular complexity index is 1300. The lowest BCUT2D eigenvalue weighted by atomic mass is 10.2. The molecule has 0 unspecified atom stereocenters. The summed E-state index contributed by atoms with van der Waals surface area (Å²) >= 11 is 7.73. The highest BCUT2D eigenvalue weighted by atomic mass is 35.5. The Morgan fingerprint density at radius 3 is 2.70 bits per heavy atom. The molecule has 3 amide bonds. The number of nitrogens with one attached hydrogen (secondary N) is 1. The molecule has 0 aliphatic carbocycles. The lowest BCUT2D eigenvalue weighted by molar-refractivity contribution is -0.387. The maximum absolute atomic E-state index is 12.8. The van der Waals surface area contributed by atoms with E-state index in [2.05, 4.69) is 5.32 Å². The third-order valence-electron chi connectivity index (χ3n) is 4.75. The molecule has 1 aliphatic heterocycles. The number of nitro groups is 1. The van der Waals surface area contributed by atoms with Gasteiger partial charge in [-0.1, -0.05) is 17.7 Å². The Morgan fingerprint density at radius 2 is 2.03 bits per heavy atom. The van der Waals surface area contributed by atoms with E-state index in [4.69, 9.17) is 21.4 Å². The largest absolute Gasteiger partial charge is 0.462 e. The summed E-state index contributed by atoms with van der Waals surface area (Å²) in [5, 5.41) is 22.3. The highest BCUT2D eigenvalue weighted by Gasteiger charge is 2.36. The summed E-state index contributed by atoms with van der Waals surface area (Å²) in [6.07, 6.45) is 1.33. The number of ether oxygens (including phenoxy) is 1. The molecule has 3 rings (SSSR count). The van der Waals surface area contributed by atoms with Gasteiger partial charge in [-0.2, -0.15) is 0 Å². The molecule has 14 heteroatoms. The Balaban J connectivity index is 1.72. The van der Waals surface area contributed by atoms with Gasteiger partial charge in [0, 0.05) is 17.5 Å². The van der Waals surface area contributed by atoms with Gasteiger partial charge in [0.2, 0.25) is 5.91 Å². The molecule has 37 heavy (non-hydrogen) atoms. The van der Waals surface area contributed by atoms with Crippen LogP contribution in [0.25, 0.3) is 6.08 Å². The molecular formula is C23H20ClN3O8S2. The average molecular weight is 566 g/mol. The molecule has 194 valence electrons. The van der Waals surface area contributed by atoms with E-state index < -0.39 is 34.5 Å². The number of thioether (sulfide) groups is 2. The van der Waals surface area contributed by atoms with E-state index in [0.717, 1.165) is 16.7 Å². The first-order valence-electron chi connectivity index (χ1n) is 10.7. The number of hydrogen-bond donors (Lipinski definition) is 2. The summed E-state index contributed by atoms with van der Waals surface area (Å²) in [5.41, 5.74) is 0.385. The third-order valence-corrected chi connectivity index (χ3v) is 7.03. The number of carbonyl (C=O) groups is 4. The number of nitro benzene ring substituents is 1. The van der Waals surface area contributed by atoms with Crippen LogP contribution in [0.4, 0.5) is 16.2 Å². The molecule has 1 heterocycles. The predicted octanol–water partition coefficient (Wildman–Crippen LogP) is 4.18. The fraction of sp³-hybridized carbons (Fsp3) is 0.217. The molecular weight excluding hydrogens is 546 g/mol. The normalized spacial score (nSPS) is 14.2. The average Bonchev–Trinajstić information content (AvgIpc) is 3.11. The van der Waals surface area contributed by atoms with Crippen LogP contribution in [-0.2, 0) is 14.3 Å². The number of halogens is 1. The summed E-state index contributed by atoms with van der Waals surface area (Å²) in [6.45, 7) is 1.04. The van der Waals surface area contributed by atoms with Crippen molar-refractivity contribution in [3.8, 4) is 0 Å². The maximum Gasteiger partial charge on any atom is 0.339 e. The molecule has 11 nitrogen and oxygen atoms in total. The van der Waals surface area contributed by atoms with Crippen molar-refractivity contribution in [2.75, 3.05) is 30.8 Å². The second-order valence-corrected chi connectivity index (χ2v) is 9.82. The van der Waals surface area contributed by atoms with Gasteiger partial charge in [0.25, 0.3) is 16.8 Å². The van der Waals surface area contributed by atoms with Gasteiger partial charge in [0.1, 0.15) is 6.54 Å². The zero-order chi connectivity index (χ0) is 27.1. The van der Waals surface area contributed by atoms with Gasteiger partial charge in [-0.15, -0.1) is 11.8 Å². The number of hydrogen-bond acceptors (Lipinski definition) is 10. The first kappa shape index (κ1) is 28.2. The van der Waals surface area contributed by atoms with Crippen LogP contribution in [0, 0.1) is 10.1 Å². The highest BCUT2D eigenvalue weighted by Crippen LogP contribution is 2.35. The molecule has 1 fully saturated rings. The van der Waals surface area contributed by atoms with Crippen molar-refractivity contribution >= 4 is 75.6 Å². The van der Waals surface area contributed by atoms with E-state index in [1.165, 1.54) is 36.4 Å². The number of aliphatic hydroxyl groups excluding tert-OH is 1. The van der Waals surface area contributed by atoms with Crippen molar-refractivity contribution < 1.29 is 33.9 Å². The molecule has 2 N–H and O–H groups in total. The Morgan fingerprint density at radius 1 is 1.27 bits per heavy atom. The lowest BCUT2D eigenvalue weighted by Crippen LogP contribution is -2.36. The second kappa shape index (κ2) is 12.7. The summed E-state index contributed by atoms with van der Waals surface area (Å²) < 4.78 is 4.92. The molecule has 0 saturated carbocycles. The first-order chi connectivity index (χ1) is 17.6. The number of aliphatic hydroxyl groups is 1. The number of rotatable bonds is 10. The number of anilines is 1. The van der Waals surface area contributed by atoms with Crippen LogP contribution in [0.5, 0.6) is 0 Å². The summed E-state index contributed by atoms with van der Waals surface area (Å²) in [5.74, 6) is -1.81. The minimum atomic E-state index is -0.727. The summed E-state index contributed by atoms with van der Waals surface area (Å²) in [4.78, 5) is 61.7. The van der Waals surface area contributed by atoms with Crippen LogP contribution in [0.2, 0.25) is 5.02 Å². The van der Waals surface area contributed by atoms with E-state index in [9.17, 15) is 29.3 Å². The summed E-state index contributed by atoms with van der Waals surface area (Å²) in [6, 6.07) is 8.49. The van der Waals surface area contributed by atoms with Gasteiger partial charge in [-0.05, 0) is 54.6 Å². The molecule has 1 aliphatic rings. The van der Waals surface area contributed by atoms with Crippen molar-refractivity contribution in [3.05, 3.63) is 67.6 Å². The predicted molar refractivity (Wildman–Crippen MR) is 140 cm³/mol. The standard InChI is InChI=1S/C23H20ClN3O8S2/c1-2-35-22(31)15-11-14(4-5-16(15)24)25-20(29)12-26-21(30)19(37-23(26)32)10-13-3-6-18(36-8-7-28)17(9-13)27(33)34/h3-6,9-11,28H,2,7-8,12H2,1H3,(H,25,29)/b19-10-. The maximum atomic E-state index is 12.8. The SMILES string of the molecule is CCOC(=O)c1cc(NC(=O)CN2C(=O)S/C(=C\c3ccc(SCCO)c([N+](=O)[O-])c3)C2=O)ccc1Cl. The topological polar surface area (TPSA) is 156 Å². The zero-order valence-electron chi connectivity index (χ0n) is 19.3. The molecule has 2 aromatic carbocycles. The van der Waals surface area contributed by atoms with Gasteiger partial charge < -0.3 is 15.2 Å². The van der Waals surface area contributed by atoms with Crippen LogP contribution in [0.1, 0.15) is 22.8 Å². The zero-order valence-corrected chi connectivity index (χ0v) is 21.7. The van der Waals surface area contributed by atoms with Crippen molar-refractivity contribution in [1.29, 1.82) is 0 Å². The molecule has 0 radical (unpaired) electrons. The Hall–Kier alpha value is -3.39. The third kappa shape index (κ3) is 7.10. The molecule has 0 aromatic heterocycles. The minimum Gasteiger partial charge on any atom is -0.462 e. The molecule has 0 bridgehead atoms. The quantitative estimate of drug-likeness (QED) is 0.141. The van der Waals surface area contributed by atoms with E-state index in [1.807, 2.05) is 0 Å². The number of imide groups is 1. The number of carbonyl (C=O) groups excluding carboxylic acids is 4. The van der Waals surface area contributed by atoms with Crippen LogP contribution in [-0.4, -0.2) is 63.5 Å². The van der Waals surface area contributed by atoms with Gasteiger partial charge in [0.15, 0.2) is 0 Å². The molecule has 0 atom stereocenters. The van der Waals surface area contributed by atoms with Gasteiger partial charge in [-0.25, -0.2) is 4.79 Å². The van der Waals surface area contributed by atoms with E-state index >= 15 is 0 Å². The van der Waals surface area contributed by atoms with Gasteiger partial charge >= 0.3 is 5.97 Å². The minimum absolute atomic E-state index is 0.000973. The van der Waals surface area contributed by atoms with Crippen LogP contribution >= 0.6 is 35.1 Å². The van der Waals surface area contributed by atoms with E-state index in [0.29, 0.717) is 22.2 Å². The van der Waals surface area contributed by atoms with Crippen LogP contribution in [0.3, 0.4) is 0 Å². The van der Waals surface area contributed by atoms with Crippen molar-refractivity contribution in [2.24, 2.45) is 0 Å². The van der Waals surface area contributed by atoms with Crippen molar-refractivity contribution in [2.45, 2.75) is 11.8 Å². The van der Waals surface area contributed by atoms with Crippen molar-refractivity contribution in [3.63, 3.8) is 0 Å². The van der Waals surface area contributed by atoms with Crippen molar-refractivity contribution in [1.82, 2.24) is 4.90 Å². The van der Waals surface area contributed by atoms with Crippen LogP contribution < -0.4 is 5.32 Å². The fourth-order valence-electron chi connectivity index (χ4n) is 3.14. The van der Waals surface area contributed by atoms with Gasteiger partial charge in [-0.3, -0.25) is 29.4 Å². The van der Waals surface area contributed by atoms with E-state index in [1.54, 1.807) is 13.0 Å². The molecule has 2 aromatic rings. The molecule has 0 spiro atoms. The Labute approximate surface area is 224 Å². The van der Waals surface area contributed by atoms with E-state index in [-0.39, 0.29) is 45.8 Å². The number of amides is 3. The lowest BCUT2D eigenvalue weighted by Gasteiger charge is -2.13. The number of nitrogens with zero attached hydrogens (tertiary/aromatic N) is 2. The Kier molecular flexibility index (Phi) is 9.69. The molecule has 1 saturated heterocycles. The number of esters is 1. The summed E-state index contributed by atoms with van der Waals surface area (Å²) in [7, 11) is 0. The van der Waals surface area contributed by atoms with Gasteiger partial charge in [0.05, 0.1) is 38.5 Å². The smallest absolute Gasteiger partial charge is 0.339 e. The second-order valence-electron chi connectivity index (χ2n) is 7.29. The highest BCUT2D eigenvalue weighted by molar-refractivity contribution is 8.18. The van der Waals surface area contributed by atoms with Crippen LogP contribution in [0.15, 0.2) is 46.2 Å². The number of benzene rings is 2. The first-order valence-corrected chi connectivity index (χ1v) is 12.9. The fourth-order valence-corrected chi connectivity index (χ4v) is 4.93.